The van der Waals surface area contributed by atoms with Crippen LogP contribution in [0.3, 0.4) is 0 Å². The van der Waals surface area contributed by atoms with Crippen molar-refractivity contribution in [1.82, 2.24) is 24.9 Å². The maximum absolute atomic E-state index is 14.3. The summed E-state index contributed by atoms with van der Waals surface area (Å²) in [5.41, 5.74) is 2.35. The normalized spacial score (nSPS) is 15.6. The van der Waals surface area contributed by atoms with Crippen molar-refractivity contribution < 1.29 is 9.18 Å². The molecule has 0 fully saturated rings. The Hall–Kier alpha value is -3.49. The van der Waals surface area contributed by atoms with Crippen LogP contribution in [0.15, 0.2) is 36.8 Å². The smallest absolute Gasteiger partial charge is 0.226 e. The molecule has 0 saturated carbocycles. The van der Waals surface area contributed by atoms with Crippen molar-refractivity contribution in [3.8, 4) is 11.6 Å². The first kappa shape index (κ1) is 19.8. The number of nitrogens with zero attached hydrogens (tertiary/aromatic N) is 7. The first-order chi connectivity index (χ1) is 14.5. The van der Waals surface area contributed by atoms with Gasteiger partial charge in [-0.15, -0.1) is 0 Å². The molecule has 1 unspecified atom stereocenters. The maximum atomic E-state index is 14.3. The molecule has 4 heterocycles. The van der Waals surface area contributed by atoms with E-state index in [1.165, 1.54) is 11.0 Å². The molecule has 0 aromatic carbocycles. The Balaban J connectivity index is 1.64. The number of aromatic nitrogens is 5. The fraction of sp³-hybridized carbons (Fsp3) is 0.333. The Labute approximate surface area is 173 Å². The van der Waals surface area contributed by atoms with Gasteiger partial charge in [-0.1, -0.05) is 6.92 Å². The van der Waals surface area contributed by atoms with Crippen LogP contribution in [0, 0.1) is 5.95 Å². The molecule has 3 aromatic heterocycles. The number of halogens is 1. The SMILES string of the molecule is CCC(=O)N(C)c1cc(F)nc(N2CCc3nc(-c4ncccn4)ncc3C2C)c1. The predicted molar refractivity (Wildman–Crippen MR) is 110 cm³/mol. The average molecular weight is 407 g/mol. The van der Waals surface area contributed by atoms with Gasteiger partial charge < -0.3 is 9.80 Å². The van der Waals surface area contributed by atoms with Crippen LogP contribution >= 0.6 is 0 Å². The third-order valence-electron chi connectivity index (χ3n) is 5.30. The number of amides is 1. The van der Waals surface area contributed by atoms with Crippen LogP contribution < -0.4 is 9.80 Å². The van der Waals surface area contributed by atoms with Crippen LogP contribution in [-0.4, -0.2) is 44.4 Å². The lowest BCUT2D eigenvalue weighted by Crippen LogP contribution is -2.36. The van der Waals surface area contributed by atoms with Gasteiger partial charge in [-0.05, 0) is 13.0 Å². The van der Waals surface area contributed by atoms with Crippen molar-refractivity contribution in [3.05, 3.63) is 54.0 Å². The van der Waals surface area contributed by atoms with Gasteiger partial charge in [0.15, 0.2) is 11.6 Å². The van der Waals surface area contributed by atoms with E-state index in [0.717, 1.165) is 11.3 Å². The molecule has 0 saturated heterocycles. The van der Waals surface area contributed by atoms with E-state index >= 15 is 0 Å². The standard InChI is InChI=1S/C21H22FN7O/c1-4-19(30)28(3)14-10-17(22)27-18(11-14)29-9-6-16-15(13(29)2)12-25-21(26-16)20-23-7-5-8-24-20/h5,7-8,10-13H,4,6,9H2,1-3H3. The number of pyridine rings is 1. The van der Waals surface area contributed by atoms with E-state index in [1.807, 2.05) is 11.8 Å². The average Bonchev–Trinajstić information content (AvgIpc) is 2.78. The van der Waals surface area contributed by atoms with Crippen molar-refractivity contribution in [2.45, 2.75) is 32.7 Å². The van der Waals surface area contributed by atoms with Gasteiger partial charge in [0.05, 0.1) is 17.4 Å². The zero-order chi connectivity index (χ0) is 21.3. The third-order valence-corrected chi connectivity index (χ3v) is 5.30. The topological polar surface area (TPSA) is 88.0 Å². The van der Waals surface area contributed by atoms with Gasteiger partial charge in [0.1, 0.15) is 5.82 Å². The van der Waals surface area contributed by atoms with E-state index in [4.69, 9.17) is 0 Å². The molecule has 0 bridgehead atoms. The van der Waals surface area contributed by atoms with Crippen molar-refractivity contribution in [2.24, 2.45) is 0 Å². The summed E-state index contributed by atoms with van der Waals surface area (Å²) in [5.74, 6) is 0.738. The Morgan fingerprint density at radius 3 is 2.70 bits per heavy atom. The molecule has 3 aromatic rings. The summed E-state index contributed by atoms with van der Waals surface area (Å²) < 4.78 is 14.3. The first-order valence-corrected chi connectivity index (χ1v) is 9.82. The van der Waals surface area contributed by atoms with Gasteiger partial charge in [0, 0.05) is 62.7 Å². The highest BCUT2D eigenvalue weighted by Crippen LogP contribution is 2.33. The number of fused-ring (bicyclic) bond motifs is 1. The first-order valence-electron chi connectivity index (χ1n) is 9.82. The van der Waals surface area contributed by atoms with Crippen molar-refractivity contribution in [3.63, 3.8) is 0 Å². The summed E-state index contributed by atoms with van der Waals surface area (Å²) in [6, 6.07) is 4.65. The van der Waals surface area contributed by atoms with E-state index < -0.39 is 5.95 Å². The van der Waals surface area contributed by atoms with Crippen LogP contribution in [0.25, 0.3) is 11.6 Å². The maximum Gasteiger partial charge on any atom is 0.226 e. The largest absolute Gasteiger partial charge is 0.349 e. The van der Waals surface area contributed by atoms with Crippen LogP contribution in [0.5, 0.6) is 0 Å². The molecule has 1 amide bonds. The number of hydrogen-bond acceptors (Lipinski definition) is 7. The fourth-order valence-electron chi connectivity index (χ4n) is 3.59. The minimum Gasteiger partial charge on any atom is -0.349 e. The van der Waals surface area contributed by atoms with Crippen LogP contribution in [0.4, 0.5) is 15.9 Å². The van der Waals surface area contributed by atoms with Gasteiger partial charge in [0.2, 0.25) is 11.9 Å². The van der Waals surface area contributed by atoms with E-state index in [0.29, 0.717) is 42.5 Å². The number of anilines is 2. The molecule has 0 N–H and O–H groups in total. The highest BCUT2D eigenvalue weighted by molar-refractivity contribution is 5.92. The van der Waals surface area contributed by atoms with E-state index in [2.05, 4.69) is 24.9 Å². The number of carbonyl (C=O) groups excluding carboxylic acids is 1. The minimum atomic E-state index is -0.621. The van der Waals surface area contributed by atoms with Gasteiger partial charge in [-0.2, -0.15) is 4.39 Å². The summed E-state index contributed by atoms with van der Waals surface area (Å²) in [5, 5.41) is 0. The summed E-state index contributed by atoms with van der Waals surface area (Å²) in [6.07, 6.45) is 6.08. The molecule has 1 aliphatic rings. The number of carbonyl (C=O) groups is 1. The molecule has 0 radical (unpaired) electrons. The van der Waals surface area contributed by atoms with Crippen molar-refractivity contribution in [2.75, 3.05) is 23.4 Å². The van der Waals surface area contributed by atoms with Crippen molar-refractivity contribution in [1.29, 1.82) is 0 Å². The summed E-state index contributed by atoms with van der Waals surface area (Å²) in [6.45, 7) is 4.39. The predicted octanol–water partition coefficient (Wildman–Crippen LogP) is 2.96. The second kappa shape index (κ2) is 8.10. The second-order valence-electron chi connectivity index (χ2n) is 7.10. The minimum absolute atomic E-state index is 0.0901. The monoisotopic (exact) mass is 407 g/mol. The van der Waals surface area contributed by atoms with Gasteiger partial charge in [-0.25, -0.2) is 24.9 Å². The van der Waals surface area contributed by atoms with Gasteiger partial charge in [0.25, 0.3) is 0 Å². The Morgan fingerprint density at radius 1 is 1.20 bits per heavy atom. The zero-order valence-electron chi connectivity index (χ0n) is 17.1. The molecular weight excluding hydrogens is 385 g/mol. The molecule has 4 rings (SSSR count). The van der Waals surface area contributed by atoms with Crippen LogP contribution in [0.2, 0.25) is 0 Å². The molecular formula is C21H22FN7O. The molecule has 1 atom stereocenters. The second-order valence-corrected chi connectivity index (χ2v) is 7.10. The molecule has 30 heavy (non-hydrogen) atoms. The highest BCUT2D eigenvalue weighted by Gasteiger charge is 2.28. The fourth-order valence-corrected chi connectivity index (χ4v) is 3.59. The third kappa shape index (κ3) is 3.70. The van der Waals surface area contributed by atoms with Crippen molar-refractivity contribution >= 4 is 17.4 Å². The molecule has 1 aliphatic heterocycles. The van der Waals surface area contributed by atoms with Crippen LogP contribution in [0.1, 0.15) is 37.6 Å². The highest BCUT2D eigenvalue weighted by atomic mass is 19.1. The Bertz CT molecular complexity index is 1080. The van der Waals surface area contributed by atoms with Gasteiger partial charge >= 0.3 is 0 Å². The molecule has 9 heteroatoms. The number of rotatable bonds is 4. The van der Waals surface area contributed by atoms with Gasteiger partial charge in [-0.3, -0.25) is 4.79 Å². The Morgan fingerprint density at radius 2 is 1.97 bits per heavy atom. The van der Waals surface area contributed by atoms with E-state index in [9.17, 15) is 9.18 Å². The molecule has 0 spiro atoms. The molecule has 0 aliphatic carbocycles. The lowest BCUT2D eigenvalue weighted by Gasteiger charge is -2.35. The zero-order valence-corrected chi connectivity index (χ0v) is 17.1. The number of hydrogen-bond donors (Lipinski definition) is 0. The van der Waals surface area contributed by atoms with Crippen LogP contribution in [-0.2, 0) is 11.2 Å². The lowest BCUT2D eigenvalue weighted by atomic mass is 9.99. The van der Waals surface area contributed by atoms with E-state index in [1.54, 1.807) is 44.7 Å². The molecule has 154 valence electrons. The summed E-state index contributed by atoms with van der Waals surface area (Å²) in [7, 11) is 1.64. The summed E-state index contributed by atoms with van der Waals surface area (Å²) >= 11 is 0. The summed E-state index contributed by atoms with van der Waals surface area (Å²) in [4.78, 5) is 37.0. The quantitative estimate of drug-likeness (QED) is 0.615. The Kier molecular flexibility index (Phi) is 5.35. The lowest BCUT2D eigenvalue weighted by molar-refractivity contribution is -0.118. The molecule has 8 nitrogen and oxygen atoms in total. The van der Waals surface area contributed by atoms with E-state index in [-0.39, 0.29) is 11.9 Å².